The van der Waals surface area contributed by atoms with Crippen LogP contribution in [0.3, 0.4) is 0 Å². The molecule has 0 amide bonds. The lowest BCUT2D eigenvalue weighted by molar-refractivity contribution is 0.131. The number of anilines is 1. The summed E-state index contributed by atoms with van der Waals surface area (Å²) in [4.78, 5) is 16.9. The normalized spacial score (nSPS) is 15.8. The van der Waals surface area contributed by atoms with E-state index in [0.717, 1.165) is 30.8 Å². The van der Waals surface area contributed by atoms with Crippen LogP contribution in [0.4, 0.5) is 10.3 Å². The van der Waals surface area contributed by atoms with Crippen LogP contribution in [0.5, 0.6) is 5.19 Å². The van der Waals surface area contributed by atoms with Crippen LogP contribution in [0.1, 0.15) is 19.8 Å². The predicted octanol–water partition coefficient (Wildman–Crippen LogP) is 5.45. The molecule has 0 bridgehead atoms. The molecule has 7 nitrogen and oxygen atoms in total. The van der Waals surface area contributed by atoms with E-state index in [1.54, 1.807) is 29.2 Å². The molecule has 0 N–H and O–H groups in total. The second-order valence-corrected chi connectivity index (χ2v) is 10.2. The summed E-state index contributed by atoms with van der Waals surface area (Å²) in [5.41, 5.74) is 1.04. The van der Waals surface area contributed by atoms with Gasteiger partial charge in [0, 0.05) is 23.5 Å². The van der Waals surface area contributed by atoms with Crippen molar-refractivity contribution in [2.24, 2.45) is 5.92 Å². The molecule has 3 aromatic heterocycles. The highest BCUT2D eigenvalue weighted by molar-refractivity contribution is 7.98. The summed E-state index contributed by atoms with van der Waals surface area (Å²) in [7, 11) is 0. The SMILES string of the molecule is CSc1ccc(-c2cn3nc(O[C@@H](C)C4CCN(c5ncc(Cl)cn5)CC4)sc3n2)c(F)c1. The van der Waals surface area contributed by atoms with Crippen molar-refractivity contribution in [1.82, 2.24) is 24.6 Å². The fraction of sp³-hybridized carbons (Fsp3) is 0.364. The molecule has 1 aliphatic rings. The molecule has 1 aliphatic heterocycles. The van der Waals surface area contributed by atoms with Gasteiger partial charge in [-0.25, -0.2) is 23.9 Å². The van der Waals surface area contributed by atoms with Crippen molar-refractivity contribution in [2.75, 3.05) is 24.2 Å². The van der Waals surface area contributed by atoms with Crippen molar-refractivity contribution < 1.29 is 9.13 Å². The lowest BCUT2D eigenvalue weighted by Crippen LogP contribution is -2.39. The van der Waals surface area contributed by atoms with Gasteiger partial charge < -0.3 is 9.64 Å². The van der Waals surface area contributed by atoms with E-state index in [9.17, 15) is 4.39 Å². The van der Waals surface area contributed by atoms with Crippen molar-refractivity contribution in [1.29, 1.82) is 0 Å². The molecule has 5 rings (SSSR count). The molecule has 0 unspecified atom stereocenters. The zero-order valence-electron chi connectivity index (χ0n) is 18.1. The average Bonchev–Trinajstić information content (AvgIpc) is 3.38. The minimum atomic E-state index is -0.284. The second kappa shape index (κ2) is 9.44. The highest BCUT2D eigenvalue weighted by Crippen LogP contribution is 2.31. The summed E-state index contributed by atoms with van der Waals surface area (Å²) in [6, 6.07) is 5.18. The first kappa shape index (κ1) is 22.4. The molecule has 1 aromatic carbocycles. The van der Waals surface area contributed by atoms with Crippen molar-refractivity contribution in [3.63, 3.8) is 0 Å². The van der Waals surface area contributed by atoms with E-state index in [1.165, 1.54) is 29.2 Å². The van der Waals surface area contributed by atoms with Gasteiger partial charge in [-0.2, -0.15) is 0 Å². The maximum atomic E-state index is 14.4. The monoisotopic (exact) mass is 504 g/mol. The summed E-state index contributed by atoms with van der Waals surface area (Å²) in [6.07, 6.45) is 8.89. The van der Waals surface area contributed by atoms with Crippen LogP contribution in [0.2, 0.25) is 5.02 Å². The molecule has 4 aromatic rings. The first-order chi connectivity index (χ1) is 16.0. The molecule has 4 heterocycles. The van der Waals surface area contributed by atoms with E-state index in [-0.39, 0.29) is 11.9 Å². The van der Waals surface area contributed by atoms with Crippen molar-refractivity contribution in [3.05, 3.63) is 47.6 Å². The highest BCUT2D eigenvalue weighted by atomic mass is 35.5. The van der Waals surface area contributed by atoms with Crippen LogP contribution in [0.25, 0.3) is 16.2 Å². The smallest absolute Gasteiger partial charge is 0.294 e. The molecule has 11 heteroatoms. The Morgan fingerprint density at radius 1 is 1.24 bits per heavy atom. The minimum Gasteiger partial charge on any atom is -0.466 e. The van der Waals surface area contributed by atoms with Gasteiger partial charge in [0.15, 0.2) is 0 Å². The maximum Gasteiger partial charge on any atom is 0.294 e. The number of imidazole rings is 1. The average molecular weight is 505 g/mol. The zero-order valence-corrected chi connectivity index (χ0v) is 20.5. The summed E-state index contributed by atoms with van der Waals surface area (Å²) >= 11 is 8.76. The van der Waals surface area contributed by atoms with Gasteiger partial charge in [0.25, 0.3) is 5.19 Å². The van der Waals surface area contributed by atoms with Gasteiger partial charge in [-0.15, -0.1) is 16.9 Å². The third-order valence-electron chi connectivity index (χ3n) is 5.86. The van der Waals surface area contributed by atoms with E-state index in [1.807, 2.05) is 12.3 Å². The topological polar surface area (TPSA) is 68.4 Å². The largest absolute Gasteiger partial charge is 0.466 e. The fourth-order valence-electron chi connectivity index (χ4n) is 3.98. The lowest BCUT2D eigenvalue weighted by Gasteiger charge is -2.34. The van der Waals surface area contributed by atoms with E-state index < -0.39 is 0 Å². The molecule has 0 radical (unpaired) electrons. The van der Waals surface area contributed by atoms with Crippen LogP contribution < -0.4 is 9.64 Å². The van der Waals surface area contributed by atoms with Crippen LogP contribution in [-0.2, 0) is 0 Å². The van der Waals surface area contributed by atoms with E-state index in [4.69, 9.17) is 16.3 Å². The van der Waals surface area contributed by atoms with Gasteiger partial charge in [-0.05, 0) is 61.5 Å². The quantitative estimate of drug-likeness (QED) is 0.323. The Morgan fingerprint density at radius 3 is 2.67 bits per heavy atom. The number of hydrogen-bond acceptors (Lipinski definition) is 8. The van der Waals surface area contributed by atoms with Gasteiger partial charge in [0.1, 0.15) is 11.9 Å². The molecule has 1 fully saturated rings. The molecular formula is C22H22ClFN6OS2. The summed E-state index contributed by atoms with van der Waals surface area (Å²) < 4.78 is 22.3. The number of ether oxygens (including phenoxy) is 1. The van der Waals surface area contributed by atoms with Gasteiger partial charge in [0.05, 0.1) is 29.3 Å². The number of halogens is 2. The van der Waals surface area contributed by atoms with Crippen molar-refractivity contribution in [2.45, 2.75) is 30.8 Å². The summed E-state index contributed by atoms with van der Waals surface area (Å²) in [6.45, 7) is 3.81. The molecular weight excluding hydrogens is 483 g/mol. The van der Waals surface area contributed by atoms with Crippen LogP contribution in [-0.4, -0.2) is 50.0 Å². The number of aromatic nitrogens is 5. The summed E-state index contributed by atoms with van der Waals surface area (Å²) in [5, 5.41) is 5.61. The van der Waals surface area contributed by atoms with Crippen LogP contribution in [0, 0.1) is 11.7 Å². The van der Waals surface area contributed by atoms with Gasteiger partial charge in [0.2, 0.25) is 10.9 Å². The van der Waals surface area contributed by atoms with Gasteiger partial charge >= 0.3 is 0 Å². The number of hydrogen-bond donors (Lipinski definition) is 0. The van der Waals surface area contributed by atoms with E-state index >= 15 is 0 Å². The first-order valence-electron chi connectivity index (χ1n) is 10.6. The number of benzene rings is 1. The summed E-state index contributed by atoms with van der Waals surface area (Å²) in [5.74, 6) is 0.834. The van der Waals surface area contributed by atoms with E-state index in [0.29, 0.717) is 38.3 Å². The first-order valence-corrected chi connectivity index (χ1v) is 13.0. The van der Waals surface area contributed by atoms with Crippen molar-refractivity contribution >= 4 is 45.6 Å². The number of fused-ring (bicyclic) bond motifs is 1. The third-order valence-corrected chi connectivity index (χ3v) is 7.59. The Morgan fingerprint density at radius 2 is 2.00 bits per heavy atom. The lowest BCUT2D eigenvalue weighted by atomic mass is 9.92. The molecule has 0 saturated carbocycles. The molecule has 1 saturated heterocycles. The molecule has 0 spiro atoms. The maximum absolute atomic E-state index is 14.4. The van der Waals surface area contributed by atoms with Gasteiger partial charge in [-0.1, -0.05) is 11.6 Å². The molecule has 33 heavy (non-hydrogen) atoms. The number of rotatable bonds is 6. The Labute approximate surface area is 204 Å². The Balaban J connectivity index is 1.22. The second-order valence-electron chi connectivity index (χ2n) is 7.92. The minimum absolute atomic E-state index is 0.0187. The van der Waals surface area contributed by atoms with Crippen LogP contribution in [0.15, 0.2) is 41.7 Å². The highest BCUT2D eigenvalue weighted by Gasteiger charge is 2.27. The third kappa shape index (κ3) is 4.78. The Hall–Kier alpha value is -2.43. The predicted molar refractivity (Wildman–Crippen MR) is 130 cm³/mol. The molecule has 172 valence electrons. The van der Waals surface area contributed by atoms with Crippen LogP contribution >= 0.6 is 34.7 Å². The number of piperidine rings is 1. The fourth-order valence-corrected chi connectivity index (χ4v) is 5.32. The zero-order chi connectivity index (χ0) is 22.9. The Kier molecular flexibility index (Phi) is 6.40. The number of nitrogens with zero attached hydrogens (tertiary/aromatic N) is 6. The van der Waals surface area contributed by atoms with E-state index in [2.05, 4.69) is 31.9 Å². The number of thioether (sulfide) groups is 1. The Bertz CT molecular complexity index is 1220. The molecule has 0 aliphatic carbocycles. The molecule has 1 atom stereocenters. The van der Waals surface area contributed by atoms with Crippen molar-refractivity contribution in [3.8, 4) is 16.5 Å². The standard InChI is InChI=1S/C22H22ClFN6OS2/c1-13(14-5-7-29(8-6-14)20-25-10-15(23)11-26-20)31-22-28-30-12-19(27-21(30)33-22)17-4-3-16(32-2)9-18(17)24/h3-4,9-14H,5-8H2,1-2H3/t13-/m0/s1. The van der Waals surface area contributed by atoms with Gasteiger partial charge in [-0.3, -0.25) is 0 Å².